The smallest absolute Gasteiger partial charge is 0.254 e. The lowest BCUT2D eigenvalue weighted by molar-refractivity contribution is 0.0745. The van der Waals surface area contributed by atoms with E-state index in [2.05, 4.69) is 17.1 Å². The van der Waals surface area contributed by atoms with Crippen LogP contribution in [0.1, 0.15) is 21.5 Å². The minimum atomic E-state index is -0.0481. The van der Waals surface area contributed by atoms with Gasteiger partial charge in [0.1, 0.15) is 0 Å². The van der Waals surface area contributed by atoms with Crippen molar-refractivity contribution in [2.45, 2.75) is 13.0 Å². The van der Waals surface area contributed by atoms with Crippen molar-refractivity contribution in [1.82, 2.24) is 9.88 Å². The topological polar surface area (TPSA) is 54.6 Å². The molecule has 4 aromatic rings. The number of aromatic nitrogens is 1. The van der Waals surface area contributed by atoms with E-state index < -0.39 is 0 Å². The van der Waals surface area contributed by atoms with Crippen molar-refractivity contribution in [2.75, 3.05) is 13.3 Å². The van der Waals surface area contributed by atoms with Gasteiger partial charge in [0.2, 0.25) is 6.79 Å². The maximum absolute atomic E-state index is 13.4. The summed E-state index contributed by atoms with van der Waals surface area (Å²) in [5.41, 5.74) is 3.90. The molecule has 0 saturated carbocycles. The first kappa shape index (κ1) is 19.5. The highest BCUT2D eigenvalue weighted by molar-refractivity contribution is 6.30. The van der Waals surface area contributed by atoms with Crippen molar-refractivity contribution in [3.05, 3.63) is 94.6 Å². The number of nitrogens with one attached hydrogen (secondary N) is 1. The van der Waals surface area contributed by atoms with E-state index in [-0.39, 0.29) is 12.7 Å². The molecule has 0 saturated heterocycles. The highest BCUT2D eigenvalue weighted by Crippen LogP contribution is 2.33. The second-order valence-electron chi connectivity index (χ2n) is 7.53. The van der Waals surface area contributed by atoms with Crippen molar-refractivity contribution in [1.29, 1.82) is 0 Å². The Balaban J connectivity index is 1.40. The second-order valence-corrected chi connectivity index (χ2v) is 7.97. The van der Waals surface area contributed by atoms with Gasteiger partial charge in [0, 0.05) is 40.8 Å². The second kappa shape index (κ2) is 8.36. The van der Waals surface area contributed by atoms with Gasteiger partial charge in [0.15, 0.2) is 11.5 Å². The number of rotatable bonds is 6. The zero-order valence-electron chi connectivity index (χ0n) is 16.8. The molecule has 0 fully saturated rings. The van der Waals surface area contributed by atoms with Gasteiger partial charge in [-0.15, -0.1) is 0 Å². The lowest BCUT2D eigenvalue weighted by atomic mass is 10.1. The molecule has 0 spiro atoms. The summed E-state index contributed by atoms with van der Waals surface area (Å²) < 4.78 is 10.8. The van der Waals surface area contributed by atoms with Crippen molar-refractivity contribution in [3.63, 3.8) is 0 Å². The lowest BCUT2D eigenvalue weighted by Gasteiger charge is -2.23. The molecule has 0 radical (unpaired) electrons. The first-order chi connectivity index (χ1) is 15.2. The van der Waals surface area contributed by atoms with Crippen molar-refractivity contribution in [3.8, 4) is 11.5 Å². The van der Waals surface area contributed by atoms with Gasteiger partial charge in [-0.25, -0.2) is 0 Å². The number of nitrogens with zero attached hydrogens (tertiary/aromatic N) is 1. The van der Waals surface area contributed by atoms with E-state index in [0.717, 1.165) is 17.5 Å². The highest BCUT2D eigenvalue weighted by Gasteiger charge is 2.21. The van der Waals surface area contributed by atoms with E-state index in [0.29, 0.717) is 35.2 Å². The molecule has 1 N–H and O–H groups in total. The van der Waals surface area contributed by atoms with Gasteiger partial charge in [-0.2, -0.15) is 0 Å². The van der Waals surface area contributed by atoms with E-state index in [1.54, 1.807) is 18.2 Å². The van der Waals surface area contributed by atoms with E-state index in [4.69, 9.17) is 21.1 Å². The number of para-hydroxylation sites is 1. The van der Waals surface area contributed by atoms with Crippen molar-refractivity contribution in [2.24, 2.45) is 0 Å². The minimum absolute atomic E-state index is 0.0481. The molecule has 2 heterocycles. The Morgan fingerprint density at radius 1 is 1.00 bits per heavy atom. The molecular formula is C25H21ClN2O3. The molecule has 1 aromatic heterocycles. The minimum Gasteiger partial charge on any atom is -0.454 e. The van der Waals surface area contributed by atoms with E-state index in [1.165, 1.54) is 10.9 Å². The Bertz CT molecular complexity index is 1230. The summed E-state index contributed by atoms with van der Waals surface area (Å²) in [4.78, 5) is 18.6. The fourth-order valence-electron chi connectivity index (χ4n) is 3.87. The molecule has 0 bridgehead atoms. The molecule has 156 valence electrons. The number of ether oxygens (including phenoxy) is 2. The molecule has 0 unspecified atom stereocenters. The van der Waals surface area contributed by atoms with E-state index in [9.17, 15) is 4.79 Å². The predicted octanol–water partition coefficient (Wildman–Crippen LogP) is 5.44. The Kier molecular flexibility index (Phi) is 5.26. The van der Waals surface area contributed by atoms with E-state index in [1.807, 2.05) is 47.5 Å². The van der Waals surface area contributed by atoms with Gasteiger partial charge >= 0.3 is 0 Å². The number of amides is 1. The van der Waals surface area contributed by atoms with Crippen LogP contribution >= 0.6 is 11.6 Å². The number of fused-ring (bicyclic) bond motifs is 2. The Morgan fingerprint density at radius 3 is 2.68 bits per heavy atom. The van der Waals surface area contributed by atoms with Crippen molar-refractivity contribution < 1.29 is 14.3 Å². The fraction of sp³-hybridized carbons (Fsp3) is 0.160. The normalized spacial score (nSPS) is 12.3. The molecular weight excluding hydrogens is 412 g/mol. The molecule has 1 amide bonds. The first-order valence-electron chi connectivity index (χ1n) is 10.2. The molecule has 31 heavy (non-hydrogen) atoms. The Hall–Kier alpha value is -3.44. The third kappa shape index (κ3) is 4.09. The monoisotopic (exact) mass is 432 g/mol. The summed E-state index contributed by atoms with van der Waals surface area (Å²) in [6.45, 7) is 1.26. The summed E-state index contributed by atoms with van der Waals surface area (Å²) in [6.07, 6.45) is 2.77. The molecule has 5 nitrogen and oxygen atoms in total. The van der Waals surface area contributed by atoms with E-state index >= 15 is 0 Å². The van der Waals surface area contributed by atoms with Crippen LogP contribution in [0.15, 0.2) is 72.9 Å². The number of benzene rings is 3. The molecule has 5 rings (SSSR count). The number of hydrogen-bond acceptors (Lipinski definition) is 3. The molecule has 1 aliphatic rings. The standard InChI is InChI=1S/C25H21ClN2O3/c26-20-8-5-17(6-9-20)15-28(12-11-19-14-27-22-4-2-1-3-21(19)22)25(29)18-7-10-23-24(13-18)31-16-30-23/h1-10,13-14,27H,11-12,15-16H2. The average Bonchev–Trinajstić information content (AvgIpc) is 3.44. The zero-order valence-corrected chi connectivity index (χ0v) is 17.6. The van der Waals surface area contributed by atoms with Gasteiger partial charge in [0.05, 0.1) is 0 Å². The summed E-state index contributed by atoms with van der Waals surface area (Å²) in [5.74, 6) is 1.22. The number of aromatic amines is 1. The first-order valence-corrected chi connectivity index (χ1v) is 10.5. The third-order valence-corrected chi connectivity index (χ3v) is 5.77. The van der Waals surface area contributed by atoms with Crippen LogP contribution in [0.5, 0.6) is 11.5 Å². The number of carbonyl (C=O) groups excluding carboxylic acids is 1. The van der Waals surface area contributed by atoms with Crippen LogP contribution in [0, 0.1) is 0 Å². The predicted molar refractivity (Wildman–Crippen MR) is 121 cm³/mol. The number of H-pyrrole nitrogens is 1. The van der Waals surface area contributed by atoms with Crippen LogP contribution < -0.4 is 9.47 Å². The largest absolute Gasteiger partial charge is 0.454 e. The number of hydrogen-bond donors (Lipinski definition) is 1. The number of carbonyl (C=O) groups is 1. The van der Waals surface area contributed by atoms with Crippen LogP contribution in [0.2, 0.25) is 5.02 Å². The Morgan fingerprint density at radius 2 is 1.81 bits per heavy atom. The van der Waals surface area contributed by atoms with Gasteiger partial charge in [-0.3, -0.25) is 4.79 Å². The van der Waals surface area contributed by atoms with Crippen LogP contribution in [0.25, 0.3) is 10.9 Å². The molecule has 1 aliphatic heterocycles. The fourth-order valence-corrected chi connectivity index (χ4v) is 3.99. The third-order valence-electron chi connectivity index (χ3n) is 5.52. The molecule has 6 heteroatoms. The summed E-state index contributed by atoms with van der Waals surface area (Å²) in [6, 6.07) is 21.1. The molecule has 0 atom stereocenters. The van der Waals surface area contributed by atoms with Gasteiger partial charge in [-0.05, 0) is 53.9 Å². The number of halogens is 1. The van der Waals surface area contributed by atoms with Crippen LogP contribution in [-0.4, -0.2) is 29.1 Å². The maximum Gasteiger partial charge on any atom is 0.254 e. The molecule has 0 aliphatic carbocycles. The average molecular weight is 433 g/mol. The SMILES string of the molecule is O=C(c1ccc2c(c1)OCO2)N(CCc1c[nH]c2ccccc12)Cc1ccc(Cl)cc1. The van der Waals surface area contributed by atoms with Crippen LogP contribution in [-0.2, 0) is 13.0 Å². The summed E-state index contributed by atoms with van der Waals surface area (Å²) in [7, 11) is 0. The van der Waals surface area contributed by atoms with Crippen LogP contribution in [0.4, 0.5) is 0 Å². The lowest BCUT2D eigenvalue weighted by Crippen LogP contribution is -2.32. The van der Waals surface area contributed by atoms with Gasteiger partial charge in [0.25, 0.3) is 5.91 Å². The Labute approximate surface area is 185 Å². The quantitative estimate of drug-likeness (QED) is 0.441. The van der Waals surface area contributed by atoms with Gasteiger partial charge in [-0.1, -0.05) is 41.9 Å². The van der Waals surface area contributed by atoms with Gasteiger partial charge < -0.3 is 19.4 Å². The van der Waals surface area contributed by atoms with Crippen molar-refractivity contribution >= 4 is 28.4 Å². The molecule has 3 aromatic carbocycles. The maximum atomic E-state index is 13.4. The zero-order chi connectivity index (χ0) is 21.2. The summed E-state index contributed by atoms with van der Waals surface area (Å²) >= 11 is 6.04. The highest BCUT2D eigenvalue weighted by atomic mass is 35.5. The van der Waals surface area contributed by atoms with Crippen LogP contribution in [0.3, 0.4) is 0 Å². The summed E-state index contributed by atoms with van der Waals surface area (Å²) in [5, 5.41) is 1.86.